The van der Waals surface area contributed by atoms with Gasteiger partial charge in [0.1, 0.15) is 17.1 Å². The normalized spacial score (nSPS) is 18.7. The average Bonchev–Trinajstić information content (AvgIpc) is 3.59. The van der Waals surface area contributed by atoms with Crippen LogP contribution in [0.15, 0.2) is 21.8 Å². The quantitative estimate of drug-likeness (QED) is 0.119. The number of rotatable bonds is 15. The van der Waals surface area contributed by atoms with E-state index >= 15 is 0 Å². The monoisotopic (exact) mass is 653 g/mol. The van der Waals surface area contributed by atoms with Gasteiger partial charge < -0.3 is 25.4 Å². The summed E-state index contributed by atoms with van der Waals surface area (Å²) in [6.45, 7) is 4.72. The SMILES string of the molecule is CCCCC(=O)OC(C)OC(=O)C1=C(CSc2nnnn2CCN(C)C)CS[C@H]2[C@H](NC(=O)Cc3csc(N)n3)C(=O)N12. The van der Waals surface area contributed by atoms with Gasteiger partial charge in [0.2, 0.25) is 17.4 Å². The largest absolute Gasteiger partial charge is 0.425 e. The van der Waals surface area contributed by atoms with Crippen LogP contribution in [0.2, 0.25) is 0 Å². The molecule has 43 heavy (non-hydrogen) atoms. The Balaban J connectivity index is 1.48. The summed E-state index contributed by atoms with van der Waals surface area (Å²) in [5, 5.41) is 16.8. The number of likely N-dealkylation sites (N-methyl/N-ethyl adjacent to an activating group) is 1. The standard InChI is InChI=1S/C25H35N9O6S3/c1-5-6-7-18(36)39-14(2)40-23(38)20-15(12-43-25-29-30-31-33(25)9-8-32(3)4)11-41-22-19(21(37)34(20)22)28-17(35)10-16-13-42-24(26)27-16/h13-14,19,22H,5-12H2,1-4H3,(H2,26,27)(H,28,35)/t14?,19-,22+/m1/s1. The molecule has 234 valence electrons. The summed E-state index contributed by atoms with van der Waals surface area (Å²) in [5.41, 5.74) is 6.87. The van der Waals surface area contributed by atoms with Gasteiger partial charge in [-0.25, -0.2) is 14.5 Å². The number of nitrogens with one attached hydrogen (secondary N) is 1. The Labute approximate surface area is 261 Å². The lowest BCUT2D eigenvalue weighted by molar-refractivity contribution is -0.184. The van der Waals surface area contributed by atoms with Crippen molar-refractivity contribution in [2.75, 3.05) is 37.9 Å². The Hall–Kier alpha value is -3.22. The number of β-lactam (4-membered cyclic amide) rings is 1. The van der Waals surface area contributed by atoms with E-state index < -0.39 is 35.6 Å². The second kappa shape index (κ2) is 15.0. The molecular weight excluding hydrogens is 619 g/mol. The van der Waals surface area contributed by atoms with Crippen LogP contribution in [0.5, 0.6) is 0 Å². The Bertz CT molecular complexity index is 1360. The third kappa shape index (κ3) is 8.45. The number of nitrogen functional groups attached to an aromatic ring is 1. The van der Waals surface area contributed by atoms with Crippen molar-refractivity contribution in [1.82, 2.24) is 40.3 Å². The van der Waals surface area contributed by atoms with Crippen molar-refractivity contribution in [2.24, 2.45) is 0 Å². The van der Waals surface area contributed by atoms with Gasteiger partial charge in [-0.1, -0.05) is 25.1 Å². The number of amides is 2. The molecule has 3 N–H and O–H groups in total. The van der Waals surface area contributed by atoms with Crippen molar-refractivity contribution < 1.29 is 28.7 Å². The van der Waals surface area contributed by atoms with Gasteiger partial charge in [0, 0.05) is 36.8 Å². The van der Waals surface area contributed by atoms with Crippen LogP contribution in [0, 0.1) is 0 Å². The highest BCUT2D eigenvalue weighted by molar-refractivity contribution is 8.01. The molecule has 0 bridgehead atoms. The number of thioether (sulfide) groups is 2. The van der Waals surface area contributed by atoms with Crippen LogP contribution in [0.25, 0.3) is 0 Å². The minimum atomic E-state index is -1.15. The van der Waals surface area contributed by atoms with E-state index in [4.69, 9.17) is 15.2 Å². The summed E-state index contributed by atoms with van der Waals surface area (Å²) >= 11 is 3.99. The maximum atomic E-state index is 13.5. The number of unbranched alkanes of at least 4 members (excludes halogenated alkanes) is 1. The molecule has 0 aromatic carbocycles. The van der Waals surface area contributed by atoms with Gasteiger partial charge >= 0.3 is 11.9 Å². The summed E-state index contributed by atoms with van der Waals surface area (Å²) in [4.78, 5) is 59.0. The first kappa shape index (κ1) is 32.7. The van der Waals surface area contributed by atoms with Crippen molar-refractivity contribution in [2.45, 2.75) is 68.9 Å². The van der Waals surface area contributed by atoms with Gasteiger partial charge in [0.15, 0.2) is 5.13 Å². The van der Waals surface area contributed by atoms with Crippen molar-refractivity contribution in [3.63, 3.8) is 0 Å². The number of ether oxygens (including phenoxy) is 2. The summed E-state index contributed by atoms with van der Waals surface area (Å²) in [6, 6.07) is -0.826. The van der Waals surface area contributed by atoms with E-state index in [1.54, 1.807) is 10.1 Å². The zero-order chi connectivity index (χ0) is 31.1. The molecule has 2 aromatic rings. The van der Waals surface area contributed by atoms with Crippen LogP contribution in [0.3, 0.4) is 0 Å². The molecule has 1 saturated heterocycles. The van der Waals surface area contributed by atoms with E-state index in [-0.39, 0.29) is 24.4 Å². The van der Waals surface area contributed by atoms with Crippen molar-refractivity contribution in [3.8, 4) is 0 Å². The number of fused-ring (bicyclic) bond motifs is 1. The molecule has 2 aliphatic heterocycles. The fourth-order valence-corrected chi connectivity index (χ4v) is 7.21. The van der Waals surface area contributed by atoms with E-state index in [1.165, 1.54) is 46.7 Å². The van der Waals surface area contributed by atoms with Gasteiger partial charge in [-0.05, 0) is 36.5 Å². The van der Waals surface area contributed by atoms with Crippen LogP contribution in [-0.4, -0.2) is 109 Å². The van der Waals surface area contributed by atoms with Crippen LogP contribution >= 0.6 is 34.9 Å². The Morgan fingerprint density at radius 1 is 1.30 bits per heavy atom. The Morgan fingerprint density at radius 2 is 2.09 bits per heavy atom. The first-order valence-electron chi connectivity index (χ1n) is 13.7. The molecule has 0 radical (unpaired) electrons. The lowest BCUT2D eigenvalue weighted by Crippen LogP contribution is -2.70. The Kier molecular flexibility index (Phi) is 11.4. The minimum Gasteiger partial charge on any atom is -0.425 e. The van der Waals surface area contributed by atoms with Crippen LogP contribution in [0.4, 0.5) is 5.13 Å². The second-order valence-electron chi connectivity index (χ2n) is 10.1. The number of thiazole rings is 1. The summed E-state index contributed by atoms with van der Waals surface area (Å²) < 4.78 is 12.4. The molecule has 4 rings (SSSR count). The number of hydrogen-bond donors (Lipinski definition) is 2. The number of aromatic nitrogens is 5. The number of carbonyl (C=O) groups is 4. The summed E-state index contributed by atoms with van der Waals surface area (Å²) in [5.74, 6) is -1.39. The number of hydrogen-bond acceptors (Lipinski definition) is 15. The molecule has 1 unspecified atom stereocenters. The van der Waals surface area contributed by atoms with Crippen molar-refractivity contribution in [1.29, 1.82) is 0 Å². The van der Waals surface area contributed by atoms with Crippen molar-refractivity contribution >= 4 is 63.7 Å². The third-order valence-corrected chi connectivity index (χ3v) is 9.51. The molecule has 18 heteroatoms. The highest BCUT2D eigenvalue weighted by atomic mass is 32.2. The zero-order valence-electron chi connectivity index (χ0n) is 24.3. The minimum absolute atomic E-state index is 0.0229. The summed E-state index contributed by atoms with van der Waals surface area (Å²) in [6.07, 6.45) is 0.516. The van der Waals surface area contributed by atoms with Crippen LogP contribution < -0.4 is 11.1 Å². The number of nitrogens with two attached hydrogens (primary N) is 1. The van der Waals surface area contributed by atoms with Gasteiger partial charge in [-0.15, -0.1) is 28.2 Å². The second-order valence-corrected chi connectivity index (χ2v) is 13.0. The molecule has 4 heterocycles. The van der Waals surface area contributed by atoms with Gasteiger partial charge in [-0.2, -0.15) is 0 Å². The molecule has 1 fully saturated rings. The summed E-state index contributed by atoms with van der Waals surface area (Å²) in [7, 11) is 3.90. The van der Waals surface area contributed by atoms with Gasteiger partial charge in [-0.3, -0.25) is 19.3 Å². The van der Waals surface area contributed by atoms with Crippen LogP contribution in [-0.2, 0) is 41.6 Å². The molecule has 3 atom stereocenters. The molecule has 15 nitrogen and oxygen atoms in total. The molecule has 2 aromatic heterocycles. The topological polar surface area (TPSA) is 188 Å². The molecule has 2 aliphatic rings. The van der Waals surface area contributed by atoms with E-state index in [9.17, 15) is 19.2 Å². The smallest absolute Gasteiger partial charge is 0.358 e. The van der Waals surface area contributed by atoms with E-state index in [0.717, 1.165) is 13.0 Å². The number of nitrogens with zero attached hydrogens (tertiary/aromatic N) is 7. The maximum Gasteiger partial charge on any atom is 0.358 e. The number of anilines is 1. The van der Waals surface area contributed by atoms with Crippen molar-refractivity contribution in [3.05, 3.63) is 22.3 Å². The number of carbonyl (C=O) groups excluding carboxylic acids is 4. The molecule has 0 aliphatic carbocycles. The molecule has 0 saturated carbocycles. The van der Waals surface area contributed by atoms with E-state index in [1.807, 2.05) is 25.9 Å². The molecule has 0 spiro atoms. The average molecular weight is 654 g/mol. The highest BCUT2D eigenvalue weighted by Crippen LogP contribution is 2.42. The maximum absolute atomic E-state index is 13.5. The zero-order valence-corrected chi connectivity index (χ0v) is 26.8. The van der Waals surface area contributed by atoms with Crippen LogP contribution in [0.1, 0.15) is 38.8 Å². The number of esters is 2. The Morgan fingerprint density at radius 3 is 2.79 bits per heavy atom. The molecular formula is C25H35N9O6S3. The molecule has 2 amide bonds. The third-order valence-electron chi connectivity index (χ3n) is 6.41. The lowest BCUT2D eigenvalue weighted by atomic mass is 10.0. The van der Waals surface area contributed by atoms with E-state index in [2.05, 4.69) is 25.8 Å². The van der Waals surface area contributed by atoms with Gasteiger partial charge in [0.25, 0.3) is 5.91 Å². The lowest BCUT2D eigenvalue weighted by Gasteiger charge is -2.49. The highest BCUT2D eigenvalue weighted by Gasteiger charge is 2.54. The fraction of sp³-hybridized carbons (Fsp3) is 0.600. The number of tetrazole rings is 1. The predicted molar refractivity (Wildman–Crippen MR) is 161 cm³/mol. The van der Waals surface area contributed by atoms with Gasteiger partial charge in [0.05, 0.1) is 18.7 Å². The fourth-order valence-electron chi connectivity index (χ4n) is 4.26. The predicted octanol–water partition coefficient (Wildman–Crippen LogP) is 0.885. The first-order valence-corrected chi connectivity index (χ1v) is 16.6. The first-order chi connectivity index (χ1) is 20.6. The van der Waals surface area contributed by atoms with E-state index in [0.29, 0.717) is 46.0 Å².